The van der Waals surface area contributed by atoms with E-state index in [0.717, 1.165) is 12.2 Å². The minimum Gasteiger partial charge on any atom is -0.492 e. The Morgan fingerprint density at radius 3 is 2.65 bits per heavy atom. The molecule has 3 heteroatoms. The highest BCUT2D eigenvalue weighted by Gasteiger charge is 2.03. The lowest BCUT2D eigenvalue weighted by molar-refractivity contribution is 0.0947. The molecule has 2 aromatic rings. The second-order valence-corrected chi connectivity index (χ2v) is 4.47. The van der Waals surface area contributed by atoms with Gasteiger partial charge in [0.25, 0.3) is 5.91 Å². The fraction of sp³-hybridized carbons (Fsp3) is 0.235. The third-order valence-corrected chi connectivity index (χ3v) is 3.00. The van der Waals surface area contributed by atoms with Crippen LogP contribution < -0.4 is 10.1 Å². The summed E-state index contributed by atoms with van der Waals surface area (Å²) in [5.74, 6) is 0.773. The maximum absolute atomic E-state index is 11.8. The lowest BCUT2D eigenvalue weighted by atomic mass is 10.2. The molecule has 2 aromatic carbocycles. The largest absolute Gasteiger partial charge is 0.492 e. The average Bonchev–Trinajstić information content (AvgIpc) is 2.52. The van der Waals surface area contributed by atoms with Gasteiger partial charge < -0.3 is 10.1 Å². The number of nitrogens with one attached hydrogen (secondary N) is 1. The molecule has 0 aliphatic rings. The molecule has 0 aromatic heterocycles. The molecule has 0 heterocycles. The van der Waals surface area contributed by atoms with Crippen LogP contribution in [0.4, 0.5) is 0 Å². The van der Waals surface area contributed by atoms with Crippen LogP contribution in [0.5, 0.6) is 5.75 Å². The summed E-state index contributed by atoms with van der Waals surface area (Å²) in [6.07, 6.45) is 0.988. The van der Waals surface area contributed by atoms with Crippen LogP contribution in [0.25, 0.3) is 0 Å². The monoisotopic (exact) mass is 269 g/mol. The van der Waals surface area contributed by atoms with E-state index >= 15 is 0 Å². The van der Waals surface area contributed by atoms with E-state index in [4.69, 9.17) is 4.74 Å². The van der Waals surface area contributed by atoms with Crippen LogP contribution >= 0.6 is 0 Å². The minimum absolute atomic E-state index is 0.0727. The van der Waals surface area contributed by atoms with Crippen molar-refractivity contribution in [3.8, 4) is 5.75 Å². The Balaban J connectivity index is 1.75. The Bertz CT molecular complexity index is 552. The summed E-state index contributed by atoms with van der Waals surface area (Å²) in [7, 11) is 0. The smallest absolute Gasteiger partial charge is 0.251 e. The summed E-state index contributed by atoms with van der Waals surface area (Å²) >= 11 is 0. The number of benzene rings is 2. The molecule has 1 N–H and O–H groups in total. The predicted octanol–water partition coefficient (Wildman–Crippen LogP) is 3.06. The molecular weight excluding hydrogens is 250 g/mol. The molecule has 0 fully saturated rings. The molecule has 1 amide bonds. The molecule has 2 rings (SSSR count). The lowest BCUT2D eigenvalue weighted by Crippen LogP contribution is -2.28. The summed E-state index contributed by atoms with van der Waals surface area (Å²) in [6, 6.07) is 17.2. The van der Waals surface area contributed by atoms with Gasteiger partial charge in [0, 0.05) is 5.56 Å². The van der Waals surface area contributed by atoms with Crippen LogP contribution in [-0.2, 0) is 6.42 Å². The molecule has 0 saturated heterocycles. The lowest BCUT2D eigenvalue weighted by Gasteiger charge is -2.08. The van der Waals surface area contributed by atoms with Crippen molar-refractivity contribution < 1.29 is 9.53 Å². The molecular formula is C17H19NO2. The van der Waals surface area contributed by atoms with E-state index in [-0.39, 0.29) is 5.91 Å². The van der Waals surface area contributed by atoms with Gasteiger partial charge in [0.05, 0.1) is 6.54 Å². The second-order valence-electron chi connectivity index (χ2n) is 4.47. The summed E-state index contributed by atoms with van der Waals surface area (Å²) in [4.78, 5) is 11.8. The Labute approximate surface area is 119 Å². The summed E-state index contributed by atoms with van der Waals surface area (Å²) in [6.45, 7) is 3.06. The highest BCUT2D eigenvalue weighted by molar-refractivity contribution is 5.94. The molecule has 0 atom stereocenters. The summed E-state index contributed by atoms with van der Waals surface area (Å²) < 4.78 is 5.62. The van der Waals surface area contributed by atoms with Crippen LogP contribution in [-0.4, -0.2) is 19.1 Å². The molecule has 0 spiro atoms. The van der Waals surface area contributed by atoms with Crippen LogP contribution in [0.3, 0.4) is 0 Å². The van der Waals surface area contributed by atoms with E-state index in [1.54, 1.807) is 12.1 Å². The van der Waals surface area contributed by atoms with Crippen molar-refractivity contribution in [2.45, 2.75) is 13.3 Å². The van der Waals surface area contributed by atoms with E-state index in [1.807, 2.05) is 36.4 Å². The fourth-order valence-corrected chi connectivity index (χ4v) is 1.88. The highest BCUT2D eigenvalue weighted by atomic mass is 16.5. The van der Waals surface area contributed by atoms with E-state index in [9.17, 15) is 4.79 Å². The highest BCUT2D eigenvalue weighted by Crippen LogP contribution is 2.13. The molecule has 3 nitrogen and oxygen atoms in total. The Kier molecular flexibility index (Phi) is 5.18. The fourth-order valence-electron chi connectivity index (χ4n) is 1.88. The summed E-state index contributed by atoms with van der Waals surface area (Å²) in [5.41, 5.74) is 1.91. The normalized spacial score (nSPS) is 10.1. The number of amides is 1. The first-order chi connectivity index (χ1) is 9.79. The van der Waals surface area contributed by atoms with Crippen molar-refractivity contribution >= 4 is 5.91 Å². The van der Waals surface area contributed by atoms with Gasteiger partial charge in [-0.2, -0.15) is 0 Å². The minimum atomic E-state index is -0.0727. The number of aryl methyl sites for hydroxylation is 1. The average molecular weight is 269 g/mol. The first-order valence-corrected chi connectivity index (χ1v) is 6.84. The first-order valence-electron chi connectivity index (χ1n) is 6.84. The van der Waals surface area contributed by atoms with Gasteiger partial charge in [0.15, 0.2) is 0 Å². The quantitative estimate of drug-likeness (QED) is 0.818. The van der Waals surface area contributed by atoms with Crippen molar-refractivity contribution in [2.75, 3.05) is 13.2 Å². The Morgan fingerprint density at radius 2 is 1.90 bits per heavy atom. The third-order valence-electron chi connectivity index (χ3n) is 3.00. The maximum atomic E-state index is 11.8. The van der Waals surface area contributed by atoms with E-state index in [0.29, 0.717) is 18.7 Å². The Hall–Kier alpha value is -2.29. The predicted molar refractivity (Wildman–Crippen MR) is 80.1 cm³/mol. The van der Waals surface area contributed by atoms with Gasteiger partial charge in [-0.05, 0) is 36.2 Å². The molecule has 0 aliphatic heterocycles. The maximum Gasteiger partial charge on any atom is 0.251 e. The summed E-state index contributed by atoms with van der Waals surface area (Å²) in [5, 5.41) is 2.83. The van der Waals surface area contributed by atoms with E-state index < -0.39 is 0 Å². The second kappa shape index (κ2) is 7.34. The number of carbonyl (C=O) groups is 1. The molecule has 0 unspecified atom stereocenters. The molecule has 0 radical (unpaired) electrons. The van der Waals surface area contributed by atoms with Gasteiger partial charge in [-0.15, -0.1) is 0 Å². The van der Waals surface area contributed by atoms with Gasteiger partial charge in [-0.1, -0.05) is 37.3 Å². The molecule has 20 heavy (non-hydrogen) atoms. The van der Waals surface area contributed by atoms with Crippen LogP contribution in [0, 0.1) is 0 Å². The van der Waals surface area contributed by atoms with E-state index in [2.05, 4.69) is 18.3 Å². The number of hydrogen-bond donors (Lipinski definition) is 1. The molecule has 0 bridgehead atoms. The third kappa shape index (κ3) is 4.12. The number of carbonyl (C=O) groups excluding carboxylic acids is 1. The van der Waals surface area contributed by atoms with Crippen LogP contribution in [0.15, 0.2) is 54.6 Å². The Morgan fingerprint density at radius 1 is 1.10 bits per heavy atom. The zero-order valence-corrected chi connectivity index (χ0v) is 11.6. The molecule has 0 aliphatic carbocycles. The van der Waals surface area contributed by atoms with Gasteiger partial charge >= 0.3 is 0 Å². The van der Waals surface area contributed by atoms with Crippen molar-refractivity contribution in [3.63, 3.8) is 0 Å². The van der Waals surface area contributed by atoms with Crippen LogP contribution in [0.2, 0.25) is 0 Å². The number of hydrogen-bond acceptors (Lipinski definition) is 2. The van der Waals surface area contributed by atoms with Gasteiger partial charge in [-0.3, -0.25) is 4.79 Å². The SMILES string of the molecule is CCc1cccc(OCCNC(=O)c2ccccc2)c1. The van der Waals surface area contributed by atoms with Crippen molar-refractivity contribution in [1.29, 1.82) is 0 Å². The number of ether oxygens (including phenoxy) is 1. The van der Waals surface area contributed by atoms with Crippen molar-refractivity contribution in [3.05, 3.63) is 65.7 Å². The van der Waals surface area contributed by atoms with Gasteiger partial charge in [-0.25, -0.2) is 0 Å². The molecule has 104 valence electrons. The number of rotatable bonds is 6. The zero-order valence-electron chi connectivity index (χ0n) is 11.6. The van der Waals surface area contributed by atoms with Crippen molar-refractivity contribution in [1.82, 2.24) is 5.32 Å². The van der Waals surface area contributed by atoms with Crippen LogP contribution in [0.1, 0.15) is 22.8 Å². The van der Waals surface area contributed by atoms with Crippen molar-refractivity contribution in [2.24, 2.45) is 0 Å². The standard InChI is InChI=1S/C17H19NO2/c1-2-14-7-6-10-16(13-14)20-12-11-18-17(19)15-8-4-3-5-9-15/h3-10,13H,2,11-12H2,1H3,(H,18,19). The van der Waals surface area contributed by atoms with E-state index in [1.165, 1.54) is 5.56 Å². The molecule has 0 saturated carbocycles. The topological polar surface area (TPSA) is 38.3 Å². The first kappa shape index (κ1) is 14.1. The van der Waals surface area contributed by atoms with Gasteiger partial charge in [0.2, 0.25) is 0 Å². The van der Waals surface area contributed by atoms with Gasteiger partial charge in [0.1, 0.15) is 12.4 Å². The zero-order chi connectivity index (χ0) is 14.2.